The van der Waals surface area contributed by atoms with Crippen molar-refractivity contribution in [3.63, 3.8) is 0 Å². The van der Waals surface area contributed by atoms with Crippen LogP contribution in [0.5, 0.6) is 0 Å². The van der Waals surface area contributed by atoms with Crippen LogP contribution in [0.2, 0.25) is 0 Å². The van der Waals surface area contributed by atoms with Crippen LogP contribution in [0.4, 0.5) is 0 Å². The number of carboxylic acids is 1. The lowest BCUT2D eigenvalue weighted by molar-refractivity contribution is -0.136. The Morgan fingerprint density at radius 3 is 3.10 bits per heavy atom. The number of carboxylic acid groups (broad SMARTS) is 1. The zero-order valence-corrected chi connectivity index (χ0v) is 5.45. The van der Waals surface area contributed by atoms with Gasteiger partial charge in [-0.1, -0.05) is 0 Å². The Morgan fingerprint density at radius 1 is 1.80 bits per heavy atom. The maximum Gasteiger partial charge on any atom is 0.303 e. The molecule has 1 rings (SSSR count). The average Bonchev–Trinajstić information content (AvgIpc) is 2.34. The van der Waals surface area contributed by atoms with Crippen molar-refractivity contribution in [3.8, 4) is 0 Å². The predicted octanol–water partition coefficient (Wildman–Crippen LogP) is 0.334. The van der Waals surface area contributed by atoms with Crippen molar-refractivity contribution in [2.75, 3.05) is 6.67 Å². The van der Waals surface area contributed by atoms with Crippen LogP contribution in [0.1, 0.15) is 12.8 Å². The fraction of sp³-hybridized carbons (Fsp3) is 0.500. The smallest absolute Gasteiger partial charge is 0.303 e. The summed E-state index contributed by atoms with van der Waals surface area (Å²) in [6.07, 6.45) is 2.27. The van der Waals surface area contributed by atoms with Crippen LogP contribution < -0.4 is 0 Å². The number of aliphatic carboxylic acids is 1. The molecule has 0 aliphatic carbocycles. The summed E-state index contributed by atoms with van der Waals surface area (Å²) in [5.41, 5.74) is 0.794. The van der Waals surface area contributed by atoms with Crippen LogP contribution in [0.3, 0.4) is 0 Å². The zero-order valence-electron chi connectivity index (χ0n) is 5.45. The van der Waals surface area contributed by atoms with Gasteiger partial charge >= 0.3 is 5.97 Å². The molecule has 0 atom stereocenters. The molecule has 0 bridgehead atoms. The van der Waals surface area contributed by atoms with E-state index in [1.165, 1.54) is 0 Å². The van der Waals surface area contributed by atoms with Gasteiger partial charge in [-0.05, 0) is 0 Å². The Kier molecular flexibility index (Phi) is 2.15. The molecule has 1 N–H and O–H groups in total. The third-order valence-electron chi connectivity index (χ3n) is 1.19. The van der Waals surface area contributed by atoms with Crippen LogP contribution in [0, 0.1) is 0 Å². The van der Waals surface area contributed by atoms with E-state index in [1.54, 1.807) is 6.21 Å². The lowest BCUT2D eigenvalue weighted by atomic mass is 10.2. The summed E-state index contributed by atoms with van der Waals surface area (Å²) in [7, 11) is 0. The van der Waals surface area contributed by atoms with E-state index >= 15 is 0 Å². The number of nitrogens with zero attached hydrogens (tertiary/aromatic N) is 2. The molecule has 1 aliphatic heterocycles. The van der Waals surface area contributed by atoms with Crippen LogP contribution in [0.25, 0.3) is 0 Å². The maximum absolute atomic E-state index is 10.1. The summed E-state index contributed by atoms with van der Waals surface area (Å²) in [6.45, 7) is 0.467. The minimum absolute atomic E-state index is 0.144. The van der Waals surface area contributed by atoms with E-state index in [0.717, 1.165) is 5.71 Å². The summed E-state index contributed by atoms with van der Waals surface area (Å²) in [5, 5.41) is 8.27. The van der Waals surface area contributed by atoms with Gasteiger partial charge in [-0.3, -0.25) is 14.8 Å². The molecule has 1 aliphatic rings. The van der Waals surface area contributed by atoms with E-state index in [0.29, 0.717) is 13.1 Å². The normalized spacial score (nSPS) is 15.4. The van der Waals surface area contributed by atoms with Gasteiger partial charge in [-0.25, -0.2) is 0 Å². The molecule has 54 valence electrons. The largest absolute Gasteiger partial charge is 0.481 e. The van der Waals surface area contributed by atoms with Crippen molar-refractivity contribution in [3.05, 3.63) is 0 Å². The number of carbonyl (C=O) groups is 1. The van der Waals surface area contributed by atoms with Gasteiger partial charge in [0.1, 0.15) is 6.67 Å². The average molecular weight is 140 g/mol. The van der Waals surface area contributed by atoms with Crippen LogP contribution in [-0.2, 0) is 4.79 Å². The number of aliphatic imine (C=N–C) groups is 2. The van der Waals surface area contributed by atoms with Gasteiger partial charge in [0.2, 0.25) is 0 Å². The molecule has 0 fully saturated rings. The van der Waals surface area contributed by atoms with Gasteiger partial charge in [-0.15, -0.1) is 0 Å². The van der Waals surface area contributed by atoms with Gasteiger partial charge in [0, 0.05) is 12.6 Å². The molecule has 0 aromatic heterocycles. The van der Waals surface area contributed by atoms with Crippen LogP contribution in [0.15, 0.2) is 9.98 Å². The second kappa shape index (κ2) is 3.10. The summed E-state index contributed by atoms with van der Waals surface area (Å²) in [6, 6.07) is 0. The predicted molar refractivity (Wildman–Crippen MR) is 37.7 cm³/mol. The highest BCUT2D eigenvalue weighted by molar-refractivity contribution is 6.31. The molecule has 0 saturated heterocycles. The quantitative estimate of drug-likeness (QED) is 0.614. The molecule has 0 radical (unpaired) electrons. The van der Waals surface area contributed by atoms with Crippen molar-refractivity contribution in [1.82, 2.24) is 0 Å². The minimum atomic E-state index is -0.789. The maximum atomic E-state index is 10.1. The first-order valence-electron chi connectivity index (χ1n) is 3.04. The topological polar surface area (TPSA) is 62.0 Å². The third-order valence-corrected chi connectivity index (χ3v) is 1.19. The molecule has 4 nitrogen and oxygen atoms in total. The van der Waals surface area contributed by atoms with Crippen LogP contribution >= 0.6 is 0 Å². The van der Waals surface area contributed by atoms with Crippen molar-refractivity contribution >= 4 is 17.9 Å². The van der Waals surface area contributed by atoms with Gasteiger partial charge in [0.15, 0.2) is 0 Å². The summed E-state index contributed by atoms with van der Waals surface area (Å²) in [5.74, 6) is -0.789. The third kappa shape index (κ3) is 1.97. The van der Waals surface area contributed by atoms with Crippen molar-refractivity contribution < 1.29 is 9.90 Å². The van der Waals surface area contributed by atoms with Crippen molar-refractivity contribution in [2.24, 2.45) is 9.98 Å². The van der Waals surface area contributed by atoms with Gasteiger partial charge in [-0.2, -0.15) is 0 Å². The lowest BCUT2D eigenvalue weighted by Crippen LogP contribution is -2.02. The number of rotatable bonds is 3. The van der Waals surface area contributed by atoms with E-state index in [1.807, 2.05) is 0 Å². The van der Waals surface area contributed by atoms with Gasteiger partial charge in [0.05, 0.1) is 12.1 Å². The highest BCUT2D eigenvalue weighted by atomic mass is 16.4. The van der Waals surface area contributed by atoms with E-state index in [9.17, 15) is 4.79 Å². The number of hydrogen-bond donors (Lipinski definition) is 1. The van der Waals surface area contributed by atoms with Crippen LogP contribution in [-0.4, -0.2) is 29.7 Å². The molecule has 0 unspecified atom stereocenters. The number of hydrogen-bond acceptors (Lipinski definition) is 3. The lowest BCUT2D eigenvalue weighted by Gasteiger charge is -1.90. The van der Waals surface area contributed by atoms with E-state index < -0.39 is 5.97 Å². The Labute approximate surface area is 58.3 Å². The summed E-state index contributed by atoms with van der Waals surface area (Å²) in [4.78, 5) is 17.8. The Hall–Kier alpha value is -1.19. The molecule has 0 amide bonds. The second-order valence-electron chi connectivity index (χ2n) is 2.00. The monoisotopic (exact) mass is 140 g/mol. The molecule has 10 heavy (non-hydrogen) atoms. The SMILES string of the molecule is O=C(O)CCC1=NCN=C1. The zero-order chi connectivity index (χ0) is 7.40. The Bertz CT molecular complexity index is 196. The molecule has 0 aromatic carbocycles. The first-order chi connectivity index (χ1) is 4.79. The molecule has 0 spiro atoms. The van der Waals surface area contributed by atoms with Crippen molar-refractivity contribution in [2.45, 2.75) is 12.8 Å². The minimum Gasteiger partial charge on any atom is -0.481 e. The molecule has 1 heterocycles. The summed E-state index contributed by atoms with van der Waals surface area (Å²) < 4.78 is 0. The first kappa shape index (κ1) is 6.92. The fourth-order valence-corrected chi connectivity index (χ4v) is 0.697. The first-order valence-corrected chi connectivity index (χ1v) is 3.04. The highest BCUT2D eigenvalue weighted by Gasteiger charge is 2.03. The second-order valence-corrected chi connectivity index (χ2v) is 2.00. The molecule has 0 saturated carbocycles. The Balaban J connectivity index is 2.26. The highest BCUT2D eigenvalue weighted by Crippen LogP contribution is 1.96. The molecular formula is C6H8N2O2. The molecular weight excluding hydrogens is 132 g/mol. The molecule has 4 heteroatoms. The van der Waals surface area contributed by atoms with E-state index in [4.69, 9.17) is 5.11 Å². The fourth-order valence-electron chi connectivity index (χ4n) is 0.697. The molecule has 0 aromatic rings. The summed E-state index contributed by atoms with van der Waals surface area (Å²) >= 11 is 0. The van der Waals surface area contributed by atoms with Crippen molar-refractivity contribution in [1.29, 1.82) is 0 Å². The van der Waals surface area contributed by atoms with Gasteiger partial charge in [0.25, 0.3) is 0 Å². The van der Waals surface area contributed by atoms with E-state index in [2.05, 4.69) is 9.98 Å². The standard InChI is InChI=1S/C6H8N2O2/c9-6(10)2-1-5-3-7-4-8-5/h3H,1-2,4H2,(H,9,10). The van der Waals surface area contributed by atoms with E-state index in [-0.39, 0.29) is 6.42 Å². The van der Waals surface area contributed by atoms with Gasteiger partial charge < -0.3 is 5.11 Å². The Morgan fingerprint density at radius 2 is 2.60 bits per heavy atom.